The average molecular weight is 488 g/mol. The van der Waals surface area contributed by atoms with Crippen molar-refractivity contribution in [2.45, 2.75) is 6.61 Å². The molecular formula is C23H23Cl2N5O3. The quantitative estimate of drug-likeness (QED) is 0.528. The van der Waals surface area contributed by atoms with E-state index in [9.17, 15) is 4.79 Å². The number of rotatable bonds is 6. The van der Waals surface area contributed by atoms with Crippen LogP contribution >= 0.6 is 23.2 Å². The third-order valence-corrected chi connectivity index (χ3v) is 5.41. The molecule has 1 amide bonds. The van der Waals surface area contributed by atoms with Crippen molar-refractivity contribution in [1.29, 1.82) is 0 Å². The molecule has 2 N–H and O–H groups in total. The maximum atomic E-state index is 11.5. The molecule has 0 spiro atoms. The summed E-state index contributed by atoms with van der Waals surface area (Å²) in [4.78, 5) is 22.9. The van der Waals surface area contributed by atoms with Gasteiger partial charge in [-0.2, -0.15) is 0 Å². The van der Waals surface area contributed by atoms with Gasteiger partial charge in [0.25, 0.3) is 0 Å². The smallest absolute Gasteiger partial charge is 0.407 e. The average Bonchev–Trinajstić information content (AvgIpc) is 2.83. The summed E-state index contributed by atoms with van der Waals surface area (Å²) in [7, 11) is 1.50. The summed E-state index contributed by atoms with van der Waals surface area (Å²) in [6.07, 6.45) is 1.14. The fraction of sp³-hybridized carbons (Fsp3) is 0.261. The van der Waals surface area contributed by atoms with Crippen LogP contribution in [0, 0.1) is 0 Å². The second kappa shape index (κ2) is 10.7. The molecule has 4 rings (SSSR count). The Labute approximate surface area is 201 Å². The summed E-state index contributed by atoms with van der Waals surface area (Å²) in [5, 5.41) is 6.73. The van der Waals surface area contributed by atoms with Crippen LogP contribution in [0.4, 0.5) is 10.6 Å². The van der Waals surface area contributed by atoms with Crippen molar-refractivity contribution in [1.82, 2.24) is 20.6 Å². The van der Waals surface area contributed by atoms with Crippen LogP contribution in [0.3, 0.4) is 0 Å². The molecule has 1 saturated heterocycles. The summed E-state index contributed by atoms with van der Waals surface area (Å²) in [5.41, 5.74) is 1.99. The first-order valence-electron chi connectivity index (χ1n) is 10.4. The largest absolute Gasteiger partial charge is 0.445 e. The minimum Gasteiger partial charge on any atom is -0.445 e. The van der Waals surface area contributed by atoms with E-state index in [4.69, 9.17) is 32.7 Å². The van der Waals surface area contributed by atoms with E-state index in [1.165, 1.54) is 7.05 Å². The number of benzene rings is 1. The third kappa shape index (κ3) is 6.25. The van der Waals surface area contributed by atoms with Crippen LogP contribution in [0.25, 0.3) is 11.3 Å². The van der Waals surface area contributed by atoms with Crippen molar-refractivity contribution in [2.24, 2.45) is 0 Å². The lowest BCUT2D eigenvalue weighted by molar-refractivity contribution is 0.142. The molecule has 0 bridgehead atoms. The van der Waals surface area contributed by atoms with Gasteiger partial charge in [-0.1, -0.05) is 23.2 Å². The van der Waals surface area contributed by atoms with Crippen molar-refractivity contribution in [3.05, 3.63) is 64.3 Å². The van der Waals surface area contributed by atoms with Crippen LogP contribution < -0.4 is 20.3 Å². The van der Waals surface area contributed by atoms with Crippen LogP contribution in [0.2, 0.25) is 10.0 Å². The molecule has 3 heterocycles. The van der Waals surface area contributed by atoms with Gasteiger partial charge in [0.2, 0.25) is 5.88 Å². The predicted molar refractivity (Wildman–Crippen MR) is 128 cm³/mol. The van der Waals surface area contributed by atoms with Crippen molar-refractivity contribution in [3.8, 4) is 22.9 Å². The van der Waals surface area contributed by atoms with E-state index in [0.717, 1.165) is 32.0 Å². The van der Waals surface area contributed by atoms with E-state index in [1.807, 2.05) is 12.1 Å². The van der Waals surface area contributed by atoms with Gasteiger partial charge in [-0.15, -0.1) is 0 Å². The molecule has 3 aromatic rings. The minimum atomic E-state index is -0.533. The number of amides is 1. The zero-order valence-corrected chi connectivity index (χ0v) is 19.5. The number of carbonyl (C=O) groups excluding carboxylic acids is 1. The van der Waals surface area contributed by atoms with E-state index >= 15 is 0 Å². The van der Waals surface area contributed by atoms with Gasteiger partial charge in [-0.25, -0.2) is 14.8 Å². The first-order valence-corrected chi connectivity index (χ1v) is 11.2. The SMILES string of the molecule is CNC(=O)OCc1cc(Oc2ccc(N3CCNCC3)nc2)nc(-c2cc(Cl)cc(Cl)c2)c1. The van der Waals surface area contributed by atoms with Gasteiger partial charge in [0.1, 0.15) is 18.2 Å². The molecule has 0 aliphatic carbocycles. The summed E-state index contributed by atoms with van der Waals surface area (Å²) >= 11 is 12.3. The lowest BCUT2D eigenvalue weighted by Crippen LogP contribution is -2.43. The summed E-state index contributed by atoms with van der Waals surface area (Å²) in [6.45, 7) is 3.73. The van der Waals surface area contributed by atoms with Crippen LogP contribution in [0.15, 0.2) is 48.7 Å². The predicted octanol–water partition coefficient (Wildman–Crippen LogP) is 4.51. The van der Waals surface area contributed by atoms with Gasteiger partial charge in [-0.3, -0.25) is 0 Å². The number of pyridine rings is 2. The molecule has 0 saturated carbocycles. The summed E-state index contributed by atoms with van der Waals surface area (Å²) < 4.78 is 11.2. The molecule has 1 fully saturated rings. The number of hydrogen-bond donors (Lipinski definition) is 2. The Morgan fingerprint density at radius 1 is 1.12 bits per heavy atom. The maximum Gasteiger partial charge on any atom is 0.407 e. The number of carbonyl (C=O) groups is 1. The molecule has 2 aromatic heterocycles. The standard InChI is InChI=1S/C23H23Cl2N5O3/c1-26-23(31)32-14-15-8-20(16-10-17(24)12-18(25)11-16)29-22(9-15)33-19-2-3-21(28-13-19)30-6-4-27-5-7-30/h2-3,8-13,27H,4-7,14H2,1H3,(H,26,31). The number of halogens is 2. The fourth-order valence-electron chi connectivity index (χ4n) is 3.40. The molecule has 1 aromatic carbocycles. The second-order valence-corrected chi connectivity index (χ2v) is 8.25. The van der Waals surface area contributed by atoms with E-state index in [0.29, 0.717) is 38.5 Å². The van der Waals surface area contributed by atoms with E-state index in [-0.39, 0.29) is 6.61 Å². The van der Waals surface area contributed by atoms with E-state index < -0.39 is 6.09 Å². The highest BCUT2D eigenvalue weighted by atomic mass is 35.5. The molecule has 1 aliphatic heterocycles. The highest BCUT2D eigenvalue weighted by Crippen LogP contribution is 2.30. The van der Waals surface area contributed by atoms with Crippen molar-refractivity contribution < 1.29 is 14.3 Å². The second-order valence-electron chi connectivity index (χ2n) is 7.37. The zero-order valence-electron chi connectivity index (χ0n) is 18.0. The normalized spacial score (nSPS) is 13.5. The van der Waals surface area contributed by atoms with Crippen molar-refractivity contribution >= 4 is 35.1 Å². The Bertz CT molecular complexity index is 1100. The molecule has 8 nitrogen and oxygen atoms in total. The Morgan fingerprint density at radius 3 is 2.55 bits per heavy atom. The van der Waals surface area contributed by atoms with Gasteiger partial charge in [0.15, 0.2) is 0 Å². The van der Waals surface area contributed by atoms with Crippen molar-refractivity contribution in [3.63, 3.8) is 0 Å². The molecule has 1 aliphatic rings. The molecule has 0 atom stereocenters. The molecule has 172 valence electrons. The van der Waals surface area contributed by atoms with Gasteiger partial charge in [-0.05, 0) is 42.0 Å². The highest BCUT2D eigenvalue weighted by Gasteiger charge is 2.13. The Morgan fingerprint density at radius 2 is 1.88 bits per heavy atom. The lowest BCUT2D eigenvalue weighted by atomic mass is 10.1. The highest BCUT2D eigenvalue weighted by molar-refractivity contribution is 6.35. The Balaban J connectivity index is 1.59. The van der Waals surface area contributed by atoms with Crippen LogP contribution in [-0.2, 0) is 11.3 Å². The van der Waals surface area contributed by atoms with Crippen LogP contribution in [-0.4, -0.2) is 49.3 Å². The number of aromatic nitrogens is 2. The number of nitrogens with one attached hydrogen (secondary N) is 2. The Hall–Kier alpha value is -3.07. The van der Waals surface area contributed by atoms with E-state index in [2.05, 4.69) is 25.5 Å². The summed E-state index contributed by atoms with van der Waals surface area (Å²) in [6, 6.07) is 12.5. The lowest BCUT2D eigenvalue weighted by Gasteiger charge is -2.28. The minimum absolute atomic E-state index is 0.0417. The molecular weight excluding hydrogens is 465 g/mol. The number of anilines is 1. The monoisotopic (exact) mass is 487 g/mol. The number of ether oxygens (including phenoxy) is 2. The molecule has 10 heteroatoms. The molecule has 33 heavy (non-hydrogen) atoms. The number of hydrogen-bond acceptors (Lipinski definition) is 7. The molecule has 0 radical (unpaired) electrons. The zero-order chi connectivity index (χ0) is 23.2. The Kier molecular flexibility index (Phi) is 7.49. The number of piperazine rings is 1. The van der Waals surface area contributed by atoms with Gasteiger partial charge in [0.05, 0.1) is 11.9 Å². The first kappa shape index (κ1) is 23.1. The fourth-order valence-corrected chi connectivity index (χ4v) is 3.93. The maximum absolute atomic E-state index is 11.5. The topological polar surface area (TPSA) is 88.6 Å². The van der Waals surface area contributed by atoms with Gasteiger partial charge < -0.3 is 25.0 Å². The molecule has 0 unspecified atom stereocenters. The summed E-state index contributed by atoms with van der Waals surface area (Å²) in [5.74, 6) is 1.77. The number of nitrogens with zero attached hydrogens (tertiary/aromatic N) is 3. The van der Waals surface area contributed by atoms with Crippen molar-refractivity contribution in [2.75, 3.05) is 38.1 Å². The van der Waals surface area contributed by atoms with Crippen LogP contribution in [0.5, 0.6) is 11.6 Å². The van der Waals surface area contributed by atoms with Crippen LogP contribution in [0.1, 0.15) is 5.56 Å². The first-order chi connectivity index (χ1) is 16.0. The van der Waals surface area contributed by atoms with E-state index in [1.54, 1.807) is 36.5 Å². The van der Waals surface area contributed by atoms with Gasteiger partial charge >= 0.3 is 6.09 Å². The third-order valence-electron chi connectivity index (χ3n) is 4.98. The van der Waals surface area contributed by atoms with Gasteiger partial charge in [0, 0.05) is 54.9 Å². The number of alkyl carbamates (subject to hydrolysis) is 1.